The summed E-state index contributed by atoms with van der Waals surface area (Å²) < 4.78 is 27.2. The minimum Gasteiger partial charge on any atom is -0.299 e. The monoisotopic (exact) mass is 411 g/mol. The fourth-order valence-corrected chi connectivity index (χ4v) is 4.33. The molecule has 0 aliphatic carbocycles. The smallest absolute Gasteiger partial charge is 0.218 e. The number of nitrogens with zero attached hydrogens (tertiary/aromatic N) is 3. The molecule has 0 atom stereocenters. The molecule has 0 aliphatic heterocycles. The van der Waals surface area contributed by atoms with E-state index in [-0.39, 0.29) is 25.8 Å². The zero-order valence-corrected chi connectivity index (χ0v) is 15.4. The molecule has 0 fully saturated rings. The Kier molecular flexibility index (Phi) is 4.76. The Hall–Kier alpha value is -2.04. The van der Waals surface area contributed by atoms with Crippen molar-refractivity contribution < 1.29 is 8.42 Å². The van der Waals surface area contributed by atoms with Gasteiger partial charge in [0.25, 0.3) is 0 Å². The molecular formula is C16H8Cl3N3O2S. The van der Waals surface area contributed by atoms with E-state index in [1.54, 1.807) is 34.9 Å². The number of imidazole rings is 1. The maximum atomic E-state index is 12.8. The maximum absolute atomic E-state index is 12.8. The lowest BCUT2D eigenvalue weighted by atomic mass is 10.4. The van der Waals surface area contributed by atoms with Crippen molar-refractivity contribution in [1.82, 2.24) is 9.38 Å². The zero-order chi connectivity index (χ0) is 18.2. The van der Waals surface area contributed by atoms with Crippen LogP contribution in [0.4, 0.5) is 0 Å². The molecule has 3 rings (SSSR count). The van der Waals surface area contributed by atoms with Crippen LogP contribution < -0.4 is 0 Å². The number of allylic oxidation sites excluding steroid dienone is 1. The van der Waals surface area contributed by atoms with Crippen LogP contribution in [-0.4, -0.2) is 17.8 Å². The Morgan fingerprint density at radius 3 is 2.68 bits per heavy atom. The van der Waals surface area contributed by atoms with E-state index < -0.39 is 14.7 Å². The third-order valence-electron chi connectivity index (χ3n) is 3.37. The standard InChI is InChI=1S/C16H8Cl3N3O2S/c17-10-4-5-12(18)14(7-10)25(23,24)11(9-20)8-13-16(19)21-15-3-1-2-6-22(13)15/h1-8H/b11-8+. The van der Waals surface area contributed by atoms with Crippen LogP contribution in [0.25, 0.3) is 11.7 Å². The lowest BCUT2D eigenvalue weighted by Gasteiger charge is -2.06. The Morgan fingerprint density at radius 2 is 1.96 bits per heavy atom. The van der Waals surface area contributed by atoms with Gasteiger partial charge in [-0.3, -0.25) is 4.40 Å². The van der Waals surface area contributed by atoms with Gasteiger partial charge >= 0.3 is 0 Å². The summed E-state index contributed by atoms with van der Waals surface area (Å²) in [5.74, 6) is 0. The largest absolute Gasteiger partial charge is 0.299 e. The van der Waals surface area contributed by atoms with Crippen molar-refractivity contribution in [1.29, 1.82) is 5.26 Å². The average Bonchev–Trinajstić information content (AvgIpc) is 2.89. The SMILES string of the molecule is N#C/C(=C\c1c(Cl)nc2ccccn12)S(=O)(=O)c1cc(Cl)ccc1Cl. The fourth-order valence-electron chi connectivity index (χ4n) is 2.21. The van der Waals surface area contributed by atoms with Crippen molar-refractivity contribution >= 4 is 56.4 Å². The topological polar surface area (TPSA) is 75.2 Å². The molecule has 0 unspecified atom stereocenters. The predicted molar refractivity (Wildman–Crippen MR) is 97.4 cm³/mol. The first-order valence-corrected chi connectivity index (χ1v) is 9.41. The van der Waals surface area contributed by atoms with E-state index in [0.29, 0.717) is 5.65 Å². The molecular weight excluding hydrogens is 405 g/mol. The summed E-state index contributed by atoms with van der Waals surface area (Å²) in [4.78, 5) is 3.34. The van der Waals surface area contributed by atoms with Crippen molar-refractivity contribution in [2.45, 2.75) is 4.90 Å². The van der Waals surface area contributed by atoms with Crippen LogP contribution in [0.3, 0.4) is 0 Å². The highest BCUT2D eigenvalue weighted by atomic mass is 35.5. The van der Waals surface area contributed by atoms with Gasteiger partial charge in [0.05, 0.1) is 15.6 Å². The van der Waals surface area contributed by atoms with E-state index in [1.807, 2.05) is 0 Å². The summed E-state index contributed by atoms with van der Waals surface area (Å²) in [5.41, 5.74) is 0.796. The molecule has 2 aromatic heterocycles. The number of rotatable bonds is 3. The number of aromatic nitrogens is 2. The summed E-state index contributed by atoms with van der Waals surface area (Å²) >= 11 is 17.9. The van der Waals surface area contributed by atoms with Crippen LogP contribution in [0.15, 0.2) is 52.4 Å². The van der Waals surface area contributed by atoms with Gasteiger partial charge in [0, 0.05) is 11.2 Å². The van der Waals surface area contributed by atoms with Gasteiger partial charge in [0.2, 0.25) is 9.84 Å². The highest BCUT2D eigenvalue weighted by molar-refractivity contribution is 7.95. The molecule has 0 spiro atoms. The second kappa shape index (κ2) is 6.70. The van der Waals surface area contributed by atoms with E-state index >= 15 is 0 Å². The van der Waals surface area contributed by atoms with Crippen LogP contribution in [0, 0.1) is 11.3 Å². The molecule has 126 valence electrons. The van der Waals surface area contributed by atoms with E-state index in [1.165, 1.54) is 18.2 Å². The molecule has 9 heteroatoms. The first-order valence-electron chi connectivity index (χ1n) is 6.79. The van der Waals surface area contributed by atoms with Crippen LogP contribution in [-0.2, 0) is 9.84 Å². The second-order valence-corrected chi connectivity index (χ2v) is 8.00. The number of halogens is 3. The van der Waals surface area contributed by atoms with Gasteiger partial charge in [-0.25, -0.2) is 13.4 Å². The summed E-state index contributed by atoms with van der Waals surface area (Å²) in [6.07, 6.45) is 2.82. The quantitative estimate of drug-likeness (QED) is 0.588. The summed E-state index contributed by atoms with van der Waals surface area (Å²) in [5, 5.41) is 9.63. The number of sulfone groups is 1. The molecule has 0 amide bonds. The van der Waals surface area contributed by atoms with E-state index in [2.05, 4.69) is 4.98 Å². The zero-order valence-electron chi connectivity index (χ0n) is 12.3. The highest BCUT2D eigenvalue weighted by Gasteiger charge is 2.25. The van der Waals surface area contributed by atoms with Gasteiger partial charge in [-0.15, -0.1) is 0 Å². The average molecular weight is 413 g/mol. The molecule has 1 aromatic carbocycles. The van der Waals surface area contributed by atoms with Crippen molar-refractivity contribution in [2.24, 2.45) is 0 Å². The molecule has 25 heavy (non-hydrogen) atoms. The normalized spacial score (nSPS) is 12.3. The van der Waals surface area contributed by atoms with Gasteiger partial charge < -0.3 is 0 Å². The molecule has 5 nitrogen and oxygen atoms in total. The summed E-state index contributed by atoms with van der Waals surface area (Å²) in [6, 6.07) is 10.9. The van der Waals surface area contributed by atoms with Crippen LogP contribution in [0.2, 0.25) is 15.2 Å². The lowest BCUT2D eigenvalue weighted by molar-refractivity contribution is 0.603. The Bertz CT molecular complexity index is 1160. The molecule has 3 aromatic rings. The number of pyridine rings is 1. The van der Waals surface area contributed by atoms with Crippen molar-refractivity contribution in [3.8, 4) is 6.07 Å². The minimum absolute atomic E-state index is 0.0326. The van der Waals surface area contributed by atoms with Gasteiger partial charge in [-0.2, -0.15) is 5.26 Å². The van der Waals surface area contributed by atoms with Crippen molar-refractivity contribution in [3.05, 3.63) is 68.4 Å². The van der Waals surface area contributed by atoms with Crippen LogP contribution >= 0.6 is 34.8 Å². The van der Waals surface area contributed by atoms with Crippen molar-refractivity contribution in [2.75, 3.05) is 0 Å². The van der Waals surface area contributed by atoms with E-state index in [0.717, 1.165) is 6.08 Å². The number of fused-ring (bicyclic) bond motifs is 1. The molecule has 0 radical (unpaired) electrons. The Labute approximate surface area is 158 Å². The number of hydrogen-bond acceptors (Lipinski definition) is 4. The number of benzene rings is 1. The van der Waals surface area contributed by atoms with Gasteiger partial charge in [-0.1, -0.05) is 40.9 Å². The molecule has 0 bridgehead atoms. The van der Waals surface area contributed by atoms with Crippen LogP contribution in [0.5, 0.6) is 0 Å². The van der Waals surface area contributed by atoms with E-state index in [4.69, 9.17) is 34.8 Å². The Morgan fingerprint density at radius 1 is 1.20 bits per heavy atom. The molecule has 0 N–H and O–H groups in total. The van der Waals surface area contributed by atoms with Gasteiger partial charge in [0.15, 0.2) is 10.1 Å². The van der Waals surface area contributed by atoms with Crippen molar-refractivity contribution in [3.63, 3.8) is 0 Å². The first kappa shape index (κ1) is 17.8. The summed E-state index contributed by atoms with van der Waals surface area (Å²) in [7, 11) is -4.18. The Balaban J connectivity index is 2.23. The third kappa shape index (κ3) is 3.24. The predicted octanol–water partition coefficient (Wildman–Crippen LogP) is 4.63. The fraction of sp³-hybridized carbons (Fsp3) is 0. The van der Waals surface area contributed by atoms with Crippen LogP contribution in [0.1, 0.15) is 5.69 Å². The summed E-state index contributed by atoms with van der Waals surface area (Å²) in [6.45, 7) is 0. The minimum atomic E-state index is -4.18. The van der Waals surface area contributed by atoms with Gasteiger partial charge in [0.1, 0.15) is 11.7 Å². The molecule has 0 aliphatic rings. The first-order chi connectivity index (χ1) is 11.8. The van der Waals surface area contributed by atoms with Gasteiger partial charge in [-0.05, 0) is 36.4 Å². The maximum Gasteiger partial charge on any atom is 0.218 e. The highest BCUT2D eigenvalue weighted by Crippen LogP contribution is 2.31. The molecule has 0 saturated carbocycles. The third-order valence-corrected chi connectivity index (χ3v) is 6.03. The number of nitriles is 1. The molecule has 0 saturated heterocycles. The van der Waals surface area contributed by atoms with E-state index in [9.17, 15) is 13.7 Å². The lowest BCUT2D eigenvalue weighted by Crippen LogP contribution is -2.05. The molecule has 2 heterocycles. The second-order valence-electron chi connectivity index (χ2n) is 4.92. The number of hydrogen-bond donors (Lipinski definition) is 0.